The van der Waals surface area contributed by atoms with Crippen molar-refractivity contribution < 1.29 is 0 Å². The van der Waals surface area contributed by atoms with Crippen LogP contribution in [0.5, 0.6) is 0 Å². The van der Waals surface area contributed by atoms with Crippen LogP contribution in [0.1, 0.15) is 56.3 Å². The zero-order valence-electron chi connectivity index (χ0n) is 10.7. The van der Waals surface area contributed by atoms with Gasteiger partial charge in [-0.05, 0) is 52.3 Å². The lowest BCUT2D eigenvalue weighted by molar-refractivity contribution is 0.373. The predicted molar refractivity (Wildman–Crippen MR) is 66.8 cm³/mol. The van der Waals surface area contributed by atoms with Crippen molar-refractivity contribution in [3.8, 4) is 0 Å². The lowest BCUT2D eigenvalue weighted by Gasteiger charge is -2.28. The summed E-state index contributed by atoms with van der Waals surface area (Å²) in [4.78, 5) is 0. The summed E-state index contributed by atoms with van der Waals surface area (Å²) in [6, 6.07) is 0.485. The maximum absolute atomic E-state index is 4.56. The van der Waals surface area contributed by atoms with E-state index in [4.69, 9.17) is 0 Å². The van der Waals surface area contributed by atoms with Crippen LogP contribution >= 0.6 is 0 Å². The van der Waals surface area contributed by atoms with Crippen molar-refractivity contribution in [2.45, 2.75) is 51.5 Å². The van der Waals surface area contributed by atoms with Gasteiger partial charge >= 0.3 is 0 Å². The molecule has 3 heteroatoms. The van der Waals surface area contributed by atoms with Crippen molar-refractivity contribution in [3.63, 3.8) is 0 Å². The minimum Gasteiger partial charge on any atom is -0.319 e. The van der Waals surface area contributed by atoms with Crippen LogP contribution in [-0.4, -0.2) is 23.4 Å². The molecule has 1 aromatic rings. The molecule has 1 saturated carbocycles. The van der Waals surface area contributed by atoms with Gasteiger partial charge in [-0.2, -0.15) is 5.10 Å². The fourth-order valence-corrected chi connectivity index (χ4v) is 2.40. The van der Waals surface area contributed by atoms with Gasteiger partial charge in [-0.15, -0.1) is 0 Å². The van der Waals surface area contributed by atoms with Crippen molar-refractivity contribution in [1.29, 1.82) is 0 Å². The molecule has 1 aliphatic rings. The van der Waals surface area contributed by atoms with Crippen LogP contribution in [0.15, 0.2) is 6.20 Å². The first-order valence-corrected chi connectivity index (χ1v) is 6.45. The summed E-state index contributed by atoms with van der Waals surface area (Å²) >= 11 is 0. The van der Waals surface area contributed by atoms with Gasteiger partial charge in [-0.25, -0.2) is 0 Å². The maximum Gasteiger partial charge on any atom is 0.0525 e. The predicted octanol–water partition coefficient (Wildman–Crippen LogP) is 2.49. The average Bonchev–Trinajstić information content (AvgIpc) is 2.56. The molecule has 1 N–H and O–H groups in total. The highest BCUT2D eigenvalue weighted by Crippen LogP contribution is 2.38. The molecule has 1 fully saturated rings. The van der Waals surface area contributed by atoms with E-state index in [2.05, 4.69) is 35.1 Å². The second-order valence-corrected chi connectivity index (χ2v) is 5.07. The standard InChI is InChI=1S/C13H23N3/c1-10(2)16-13(11-5-4-6-11)12(9-15-16)7-8-14-3/h9-11,14H,4-8H2,1-3H3. The zero-order chi connectivity index (χ0) is 11.5. The summed E-state index contributed by atoms with van der Waals surface area (Å²) in [6.07, 6.45) is 7.27. The first kappa shape index (κ1) is 11.6. The molecule has 0 atom stereocenters. The van der Waals surface area contributed by atoms with Crippen molar-refractivity contribution in [2.24, 2.45) is 0 Å². The van der Waals surface area contributed by atoms with Crippen LogP contribution in [0, 0.1) is 0 Å². The summed E-state index contributed by atoms with van der Waals surface area (Å²) in [5.41, 5.74) is 2.96. The van der Waals surface area contributed by atoms with Gasteiger partial charge in [-0.1, -0.05) is 6.42 Å². The van der Waals surface area contributed by atoms with Crippen LogP contribution in [0.3, 0.4) is 0 Å². The first-order valence-electron chi connectivity index (χ1n) is 6.45. The molecular weight excluding hydrogens is 198 g/mol. The van der Waals surface area contributed by atoms with Gasteiger partial charge in [0.25, 0.3) is 0 Å². The van der Waals surface area contributed by atoms with E-state index >= 15 is 0 Å². The summed E-state index contributed by atoms with van der Waals surface area (Å²) in [6.45, 7) is 5.48. The number of nitrogens with zero attached hydrogens (tertiary/aromatic N) is 2. The molecule has 0 saturated heterocycles. The summed E-state index contributed by atoms with van der Waals surface area (Å²) in [5.74, 6) is 0.775. The molecule has 0 aromatic carbocycles. The van der Waals surface area contributed by atoms with Gasteiger partial charge in [0, 0.05) is 17.7 Å². The molecule has 0 unspecified atom stereocenters. The third kappa shape index (κ3) is 2.14. The first-order chi connectivity index (χ1) is 7.74. The van der Waals surface area contributed by atoms with Crippen molar-refractivity contribution >= 4 is 0 Å². The minimum absolute atomic E-state index is 0.485. The molecule has 0 spiro atoms. The second kappa shape index (κ2) is 5.00. The SMILES string of the molecule is CNCCc1cnn(C(C)C)c1C1CCC1. The Kier molecular flexibility index (Phi) is 3.64. The highest BCUT2D eigenvalue weighted by Gasteiger charge is 2.26. The van der Waals surface area contributed by atoms with E-state index in [1.54, 1.807) is 0 Å². The molecule has 0 bridgehead atoms. The average molecular weight is 221 g/mol. The normalized spacial score (nSPS) is 16.8. The number of nitrogens with one attached hydrogen (secondary N) is 1. The molecule has 90 valence electrons. The molecule has 1 aliphatic carbocycles. The topological polar surface area (TPSA) is 29.9 Å². The van der Waals surface area contributed by atoms with Crippen LogP contribution in [0.2, 0.25) is 0 Å². The third-order valence-electron chi connectivity index (χ3n) is 3.54. The largest absolute Gasteiger partial charge is 0.319 e. The smallest absolute Gasteiger partial charge is 0.0525 e. The van der Waals surface area contributed by atoms with Gasteiger partial charge < -0.3 is 5.32 Å². The van der Waals surface area contributed by atoms with E-state index in [0.717, 1.165) is 18.9 Å². The van der Waals surface area contributed by atoms with Gasteiger partial charge in [0.2, 0.25) is 0 Å². The number of aromatic nitrogens is 2. The van der Waals surface area contributed by atoms with E-state index in [-0.39, 0.29) is 0 Å². The number of likely N-dealkylation sites (N-methyl/N-ethyl adjacent to an activating group) is 1. The van der Waals surface area contributed by atoms with Crippen LogP contribution < -0.4 is 5.32 Å². The van der Waals surface area contributed by atoms with Gasteiger partial charge in [-0.3, -0.25) is 4.68 Å². The van der Waals surface area contributed by atoms with E-state index in [1.807, 2.05) is 7.05 Å². The molecule has 2 rings (SSSR count). The Morgan fingerprint density at radius 3 is 2.75 bits per heavy atom. The Hall–Kier alpha value is -0.830. The Morgan fingerprint density at radius 2 is 2.25 bits per heavy atom. The van der Waals surface area contributed by atoms with Crippen LogP contribution in [0.4, 0.5) is 0 Å². The van der Waals surface area contributed by atoms with Crippen molar-refractivity contribution in [3.05, 3.63) is 17.5 Å². The maximum atomic E-state index is 4.56. The molecule has 1 heterocycles. The molecule has 0 aliphatic heterocycles. The second-order valence-electron chi connectivity index (χ2n) is 5.07. The van der Waals surface area contributed by atoms with Gasteiger partial charge in [0.1, 0.15) is 0 Å². The van der Waals surface area contributed by atoms with E-state index in [1.165, 1.54) is 30.5 Å². The Labute approximate surface area is 98.2 Å². The Bertz CT molecular complexity index is 337. The Balaban J connectivity index is 2.22. The monoisotopic (exact) mass is 221 g/mol. The minimum atomic E-state index is 0.485. The zero-order valence-corrected chi connectivity index (χ0v) is 10.7. The number of rotatable bonds is 5. The highest BCUT2D eigenvalue weighted by molar-refractivity contribution is 5.24. The fraction of sp³-hybridized carbons (Fsp3) is 0.769. The number of hydrogen-bond donors (Lipinski definition) is 1. The summed E-state index contributed by atoms with van der Waals surface area (Å²) in [7, 11) is 2.01. The van der Waals surface area contributed by atoms with E-state index < -0.39 is 0 Å². The molecule has 1 aromatic heterocycles. The highest BCUT2D eigenvalue weighted by atomic mass is 15.3. The molecular formula is C13H23N3. The van der Waals surface area contributed by atoms with Crippen molar-refractivity contribution in [1.82, 2.24) is 15.1 Å². The molecule has 0 radical (unpaired) electrons. The van der Waals surface area contributed by atoms with Gasteiger partial charge in [0.15, 0.2) is 0 Å². The van der Waals surface area contributed by atoms with E-state index in [0.29, 0.717) is 6.04 Å². The fourth-order valence-electron chi connectivity index (χ4n) is 2.40. The lowest BCUT2D eigenvalue weighted by atomic mass is 9.81. The summed E-state index contributed by atoms with van der Waals surface area (Å²) < 4.78 is 2.23. The van der Waals surface area contributed by atoms with Crippen molar-refractivity contribution in [2.75, 3.05) is 13.6 Å². The van der Waals surface area contributed by atoms with Crippen LogP contribution in [0.25, 0.3) is 0 Å². The van der Waals surface area contributed by atoms with E-state index in [9.17, 15) is 0 Å². The third-order valence-corrected chi connectivity index (χ3v) is 3.54. The summed E-state index contributed by atoms with van der Waals surface area (Å²) in [5, 5.41) is 7.78. The molecule has 3 nitrogen and oxygen atoms in total. The quantitative estimate of drug-likeness (QED) is 0.828. The lowest BCUT2D eigenvalue weighted by Crippen LogP contribution is -2.19. The molecule has 16 heavy (non-hydrogen) atoms. The molecule has 0 amide bonds. The van der Waals surface area contributed by atoms with Crippen LogP contribution in [-0.2, 0) is 6.42 Å². The Morgan fingerprint density at radius 1 is 1.50 bits per heavy atom. The number of hydrogen-bond acceptors (Lipinski definition) is 2. The van der Waals surface area contributed by atoms with Gasteiger partial charge in [0.05, 0.1) is 6.20 Å².